The van der Waals surface area contributed by atoms with Gasteiger partial charge in [-0.25, -0.2) is 9.97 Å². The minimum atomic E-state index is -0.631. The number of anilines is 3. The third-order valence-electron chi connectivity index (χ3n) is 13.7. The summed E-state index contributed by atoms with van der Waals surface area (Å²) in [5, 5.41) is 6.04. The minimum Gasteiger partial charge on any atom is -0.494 e. The average Bonchev–Trinajstić information content (AvgIpc) is 3.84. The van der Waals surface area contributed by atoms with Crippen LogP contribution in [0.2, 0.25) is 5.02 Å². The Balaban J connectivity index is 0.664. The number of unbranched alkanes of at least 4 members (excludes halogenated alkanes) is 6. The molecule has 346 valence electrons. The second kappa shape index (κ2) is 20.5. The van der Waals surface area contributed by atoms with Gasteiger partial charge in [0.1, 0.15) is 11.8 Å². The molecule has 1 spiro atoms. The van der Waals surface area contributed by atoms with Crippen LogP contribution in [0.3, 0.4) is 0 Å². The fourth-order valence-electron chi connectivity index (χ4n) is 9.85. The number of nitrogens with one attached hydrogen (secondary N) is 2. The van der Waals surface area contributed by atoms with E-state index in [4.69, 9.17) is 21.3 Å². The summed E-state index contributed by atoms with van der Waals surface area (Å²) in [5.74, 6) is 0.432. The lowest BCUT2D eigenvalue weighted by atomic mass is 9.77. The molecule has 1 atom stereocenters. The third kappa shape index (κ3) is 10.3. The van der Waals surface area contributed by atoms with Crippen molar-refractivity contribution in [3.63, 3.8) is 0 Å². The van der Waals surface area contributed by atoms with Crippen LogP contribution in [0.5, 0.6) is 5.75 Å². The lowest BCUT2D eigenvalue weighted by Gasteiger charge is -2.38. The number of hydrogen-bond donors (Lipinski definition) is 2. The van der Waals surface area contributed by atoms with Crippen molar-refractivity contribution in [3.8, 4) is 28.1 Å². The molecule has 0 aliphatic carbocycles. The lowest BCUT2D eigenvalue weighted by molar-refractivity contribution is -0.137. The first kappa shape index (κ1) is 45.5. The molecule has 4 aliphatic rings. The van der Waals surface area contributed by atoms with Crippen molar-refractivity contribution in [3.05, 3.63) is 114 Å². The predicted molar refractivity (Wildman–Crippen MR) is 256 cm³/mol. The Kier molecular flexibility index (Phi) is 13.9. The van der Waals surface area contributed by atoms with Gasteiger partial charge in [0.05, 0.1) is 52.7 Å². The number of likely N-dealkylation sites (tertiary alicyclic amines) is 1. The number of fused-ring (bicyclic) bond motifs is 1. The van der Waals surface area contributed by atoms with Gasteiger partial charge in [-0.15, -0.1) is 0 Å². The molecule has 67 heavy (non-hydrogen) atoms. The predicted octanol–water partition coefficient (Wildman–Crippen LogP) is 8.91. The first-order chi connectivity index (χ1) is 32.6. The van der Waals surface area contributed by atoms with Crippen LogP contribution in [-0.4, -0.2) is 86.6 Å². The fourth-order valence-corrected chi connectivity index (χ4v) is 10.0. The van der Waals surface area contributed by atoms with Crippen LogP contribution in [-0.2, 0) is 25.7 Å². The van der Waals surface area contributed by atoms with Gasteiger partial charge in [-0.2, -0.15) is 0 Å². The van der Waals surface area contributed by atoms with Crippen LogP contribution in [0, 0.1) is 5.41 Å². The molecule has 2 aromatic heterocycles. The summed E-state index contributed by atoms with van der Waals surface area (Å²) in [4.78, 5) is 83.0. The number of amides is 5. The number of ether oxygens (including phenoxy) is 1. The summed E-state index contributed by atoms with van der Waals surface area (Å²) in [6.45, 7) is 2.69. The van der Waals surface area contributed by atoms with E-state index >= 15 is 0 Å². The molecule has 9 rings (SSSR count). The zero-order valence-electron chi connectivity index (χ0n) is 37.6. The van der Waals surface area contributed by atoms with Crippen molar-refractivity contribution in [2.75, 3.05) is 36.5 Å². The number of aromatic nitrogens is 3. The molecule has 5 amide bonds. The maximum atomic E-state index is 14.0. The summed E-state index contributed by atoms with van der Waals surface area (Å²) in [6.07, 6.45) is 15.2. The number of pyridine rings is 1. The van der Waals surface area contributed by atoms with E-state index in [0.29, 0.717) is 97.8 Å². The van der Waals surface area contributed by atoms with Gasteiger partial charge >= 0.3 is 0 Å². The summed E-state index contributed by atoms with van der Waals surface area (Å²) in [7, 11) is 0. The van der Waals surface area contributed by atoms with Crippen LogP contribution >= 0.6 is 11.6 Å². The van der Waals surface area contributed by atoms with E-state index in [1.165, 1.54) is 0 Å². The highest BCUT2D eigenvalue weighted by Crippen LogP contribution is 2.44. The van der Waals surface area contributed by atoms with E-state index in [9.17, 15) is 24.0 Å². The summed E-state index contributed by atoms with van der Waals surface area (Å²) < 4.78 is 6.00. The highest BCUT2D eigenvalue weighted by molar-refractivity contribution is 6.33. The third-order valence-corrected chi connectivity index (χ3v) is 13.9. The van der Waals surface area contributed by atoms with Crippen molar-refractivity contribution < 1.29 is 28.7 Å². The lowest BCUT2D eigenvalue weighted by Crippen LogP contribution is -2.52. The Labute approximate surface area is 395 Å². The standard InChI is InChI=1S/C52H55ClN8O6/c53-43-33-55-51(58-47(43)37-15-11-14-36(28-37)35-12-7-6-8-13-35)56-39-30-40(32-54-31-39)60-26-23-52(50(60)66)21-24-59(25-22-52)46(63)16-9-4-2-1-3-5-10-27-67-41-17-18-42-38(29-41)34-61(49(42)65)44-19-20-45(62)57-48(44)64/h6-8,11-15,17-18,28-33,44H,1-5,9-10,16,19-27,34H2,(H,55,56,58)(H,57,62,64). The molecular weight excluding hydrogens is 868 g/mol. The fraction of sp³-hybridized carbons (Fsp3) is 0.385. The molecule has 1 unspecified atom stereocenters. The van der Waals surface area contributed by atoms with Crippen LogP contribution in [0.4, 0.5) is 17.3 Å². The summed E-state index contributed by atoms with van der Waals surface area (Å²) in [5.41, 5.74) is 5.92. The minimum absolute atomic E-state index is 0.0921. The Morgan fingerprint density at radius 2 is 1.55 bits per heavy atom. The van der Waals surface area contributed by atoms with Crippen LogP contribution < -0.4 is 20.3 Å². The molecule has 0 bridgehead atoms. The average molecular weight is 924 g/mol. The quantitative estimate of drug-likeness (QED) is 0.0679. The first-order valence-electron chi connectivity index (χ1n) is 23.5. The van der Waals surface area contributed by atoms with Crippen molar-refractivity contribution in [2.45, 2.75) is 96.1 Å². The van der Waals surface area contributed by atoms with Crippen LogP contribution in [0.1, 0.15) is 99.4 Å². The van der Waals surface area contributed by atoms with E-state index in [1.54, 1.807) is 35.6 Å². The molecule has 2 N–H and O–H groups in total. The molecular formula is C52H55ClN8O6. The zero-order chi connectivity index (χ0) is 46.3. The highest BCUT2D eigenvalue weighted by Gasteiger charge is 2.49. The molecule has 15 heteroatoms. The Morgan fingerprint density at radius 3 is 2.36 bits per heavy atom. The van der Waals surface area contributed by atoms with E-state index < -0.39 is 17.4 Å². The molecule has 3 aromatic carbocycles. The topological polar surface area (TPSA) is 167 Å². The number of halogens is 1. The van der Waals surface area contributed by atoms with E-state index in [-0.39, 0.29) is 30.0 Å². The largest absolute Gasteiger partial charge is 0.494 e. The summed E-state index contributed by atoms with van der Waals surface area (Å²) >= 11 is 6.61. The number of benzene rings is 3. The maximum Gasteiger partial charge on any atom is 0.255 e. The van der Waals surface area contributed by atoms with E-state index in [0.717, 1.165) is 73.6 Å². The number of hydrogen-bond acceptors (Lipinski definition) is 10. The smallest absolute Gasteiger partial charge is 0.255 e. The number of carbonyl (C=O) groups is 5. The number of imide groups is 1. The van der Waals surface area contributed by atoms with Crippen molar-refractivity contribution in [2.24, 2.45) is 5.41 Å². The second-order valence-electron chi connectivity index (χ2n) is 18.1. The van der Waals surface area contributed by atoms with Gasteiger partial charge in [-0.3, -0.25) is 34.3 Å². The SMILES string of the molecule is O=C1CCC(N2Cc3cc(OCCCCCCCCCC(=O)N4CCC5(CC4)CCN(c4cncc(Nc6ncc(Cl)c(-c7cccc(-c8ccccc8)c7)n6)c4)C5=O)ccc3C2=O)C(=O)N1. The number of nitrogens with zero attached hydrogens (tertiary/aromatic N) is 6. The highest BCUT2D eigenvalue weighted by atomic mass is 35.5. The Hall–Kier alpha value is -6.67. The van der Waals surface area contributed by atoms with Gasteiger partial charge in [0.15, 0.2) is 0 Å². The molecule has 3 fully saturated rings. The van der Waals surface area contributed by atoms with Gasteiger partial charge in [-0.1, -0.05) is 92.2 Å². The van der Waals surface area contributed by atoms with Crippen molar-refractivity contribution >= 4 is 58.5 Å². The van der Waals surface area contributed by atoms with Gasteiger partial charge < -0.3 is 24.8 Å². The first-order valence-corrected chi connectivity index (χ1v) is 23.9. The monoisotopic (exact) mass is 922 g/mol. The van der Waals surface area contributed by atoms with Crippen LogP contribution in [0.25, 0.3) is 22.4 Å². The number of rotatable bonds is 17. The maximum absolute atomic E-state index is 14.0. The molecule has 0 radical (unpaired) electrons. The van der Waals surface area contributed by atoms with Gasteiger partial charge in [-0.05, 0) is 85.5 Å². The summed E-state index contributed by atoms with van der Waals surface area (Å²) in [6, 6.07) is 24.9. The number of piperidine rings is 2. The van der Waals surface area contributed by atoms with Crippen molar-refractivity contribution in [1.82, 2.24) is 30.1 Å². The molecule has 3 saturated heterocycles. The van der Waals surface area contributed by atoms with Crippen LogP contribution in [0.15, 0.2) is 97.5 Å². The zero-order valence-corrected chi connectivity index (χ0v) is 38.3. The molecule has 14 nitrogen and oxygen atoms in total. The van der Waals surface area contributed by atoms with Gasteiger partial charge in [0.2, 0.25) is 29.6 Å². The molecule has 0 saturated carbocycles. The Morgan fingerprint density at radius 1 is 0.806 bits per heavy atom. The van der Waals surface area contributed by atoms with Gasteiger partial charge in [0.25, 0.3) is 5.91 Å². The Bertz CT molecular complexity index is 2650. The van der Waals surface area contributed by atoms with Crippen molar-refractivity contribution in [1.29, 1.82) is 0 Å². The normalized spacial score (nSPS) is 17.8. The van der Waals surface area contributed by atoms with E-state index in [2.05, 4.69) is 44.9 Å². The second-order valence-corrected chi connectivity index (χ2v) is 18.5. The van der Waals surface area contributed by atoms with Gasteiger partial charge in [0, 0.05) is 50.1 Å². The molecule has 4 aliphatic heterocycles. The molecule has 6 heterocycles. The van der Waals surface area contributed by atoms with E-state index in [1.807, 2.05) is 52.3 Å². The molecule has 5 aromatic rings. The number of carbonyl (C=O) groups excluding carboxylic acids is 5.